The molecule has 6 nitrogen and oxygen atoms in total. The third kappa shape index (κ3) is 4.84. The van der Waals surface area contributed by atoms with E-state index in [9.17, 15) is 9.59 Å². The van der Waals surface area contributed by atoms with Crippen LogP contribution in [-0.4, -0.2) is 35.0 Å². The van der Waals surface area contributed by atoms with Crippen LogP contribution in [0.3, 0.4) is 0 Å². The van der Waals surface area contributed by atoms with Gasteiger partial charge in [0.15, 0.2) is 18.1 Å². The molecule has 1 saturated heterocycles. The SMILES string of the molecule is COc1cc(/C=C(C)/C=C2\SC(=S)NC2=O)ccc1OCC(=O)O. The van der Waals surface area contributed by atoms with Crippen LogP contribution >= 0.6 is 24.0 Å². The summed E-state index contributed by atoms with van der Waals surface area (Å²) in [4.78, 5) is 22.8. The van der Waals surface area contributed by atoms with Gasteiger partial charge in [0.1, 0.15) is 4.32 Å². The second-order valence-corrected chi connectivity index (χ2v) is 6.55. The maximum absolute atomic E-state index is 11.6. The van der Waals surface area contributed by atoms with E-state index in [0.717, 1.165) is 11.1 Å². The maximum atomic E-state index is 11.6. The number of thioether (sulfide) groups is 1. The first-order valence-electron chi connectivity index (χ1n) is 6.85. The zero-order chi connectivity index (χ0) is 17.7. The molecule has 1 aliphatic rings. The number of aliphatic carboxylic acids is 1. The van der Waals surface area contributed by atoms with Crippen molar-refractivity contribution in [3.8, 4) is 11.5 Å². The number of carbonyl (C=O) groups excluding carboxylic acids is 1. The molecule has 0 atom stereocenters. The molecule has 0 unspecified atom stereocenters. The second-order valence-electron chi connectivity index (χ2n) is 4.83. The highest BCUT2D eigenvalue weighted by Crippen LogP contribution is 2.30. The van der Waals surface area contributed by atoms with Crippen molar-refractivity contribution >= 4 is 46.3 Å². The fourth-order valence-corrected chi connectivity index (χ4v) is 3.06. The first kappa shape index (κ1) is 18.0. The molecule has 1 fully saturated rings. The Morgan fingerprint density at radius 3 is 2.75 bits per heavy atom. The van der Waals surface area contributed by atoms with E-state index in [1.165, 1.54) is 18.9 Å². The number of nitrogens with one attached hydrogen (secondary N) is 1. The summed E-state index contributed by atoms with van der Waals surface area (Å²) in [5.74, 6) is -0.481. The Bertz CT molecular complexity index is 755. The molecule has 1 aromatic rings. The lowest BCUT2D eigenvalue weighted by Gasteiger charge is -2.10. The molecule has 126 valence electrons. The number of rotatable bonds is 6. The van der Waals surface area contributed by atoms with Crippen molar-refractivity contribution in [2.45, 2.75) is 6.92 Å². The fourth-order valence-electron chi connectivity index (χ4n) is 1.97. The number of carboxylic acids is 1. The molecular weight excluding hydrogens is 350 g/mol. The molecule has 2 rings (SSSR count). The summed E-state index contributed by atoms with van der Waals surface area (Å²) in [6.07, 6.45) is 3.62. The van der Waals surface area contributed by atoms with Crippen LogP contribution in [0.4, 0.5) is 0 Å². The summed E-state index contributed by atoms with van der Waals surface area (Å²) in [5, 5.41) is 11.2. The molecular formula is C16H15NO5S2. The molecule has 8 heteroatoms. The Balaban J connectivity index is 2.19. The maximum Gasteiger partial charge on any atom is 0.341 e. The van der Waals surface area contributed by atoms with Gasteiger partial charge in [-0.2, -0.15) is 0 Å². The Kier molecular flexibility index (Phi) is 5.99. The highest BCUT2D eigenvalue weighted by molar-refractivity contribution is 8.26. The van der Waals surface area contributed by atoms with Crippen molar-refractivity contribution in [3.63, 3.8) is 0 Å². The van der Waals surface area contributed by atoms with Gasteiger partial charge in [0.25, 0.3) is 5.91 Å². The van der Waals surface area contributed by atoms with Gasteiger partial charge < -0.3 is 19.9 Å². The number of benzene rings is 1. The molecule has 2 N–H and O–H groups in total. The van der Waals surface area contributed by atoms with Crippen molar-refractivity contribution in [1.29, 1.82) is 0 Å². The van der Waals surface area contributed by atoms with Crippen LogP contribution < -0.4 is 14.8 Å². The Morgan fingerprint density at radius 2 is 2.17 bits per heavy atom. The van der Waals surface area contributed by atoms with Gasteiger partial charge in [0.05, 0.1) is 12.0 Å². The number of allylic oxidation sites excluding steroid dienone is 2. The van der Waals surface area contributed by atoms with E-state index in [2.05, 4.69) is 5.32 Å². The minimum atomic E-state index is -1.06. The number of amides is 1. The summed E-state index contributed by atoms with van der Waals surface area (Å²) in [6.45, 7) is 1.42. The molecule has 1 aromatic carbocycles. The summed E-state index contributed by atoms with van der Waals surface area (Å²) >= 11 is 6.17. The molecule has 0 aliphatic carbocycles. The number of thiocarbonyl (C=S) groups is 1. The van der Waals surface area contributed by atoms with Crippen molar-refractivity contribution in [1.82, 2.24) is 5.32 Å². The molecule has 24 heavy (non-hydrogen) atoms. The number of methoxy groups -OCH3 is 1. The van der Waals surface area contributed by atoms with Gasteiger partial charge >= 0.3 is 5.97 Å². The zero-order valence-corrected chi connectivity index (χ0v) is 14.6. The molecule has 0 aromatic heterocycles. The summed E-state index contributed by atoms with van der Waals surface area (Å²) in [7, 11) is 1.48. The minimum Gasteiger partial charge on any atom is -0.493 e. The van der Waals surface area contributed by atoms with Crippen LogP contribution in [0.15, 0.2) is 34.8 Å². The topological polar surface area (TPSA) is 84.9 Å². The summed E-state index contributed by atoms with van der Waals surface area (Å²) < 4.78 is 10.8. The lowest BCUT2D eigenvalue weighted by atomic mass is 10.1. The van der Waals surface area contributed by atoms with E-state index in [4.69, 9.17) is 26.8 Å². The van der Waals surface area contributed by atoms with Crippen LogP contribution in [0, 0.1) is 0 Å². The van der Waals surface area contributed by atoms with E-state index >= 15 is 0 Å². The zero-order valence-electron chi connectivity index (χ0n) is 13.0. The van der Waals surface area contributed by atoms with Gasteiger partial charge in [0, 0.05) is 0 Å². The number of ether oxygens (including phenoxy) is 2. The quantitative estimate of drug-likeness (QED) is 0.592. The van der Waals surface area contributed by atoms with Crippen LogP contribution in [0.1, 0.15) is 12.5 Å². The molecule has 0 bridgehead atoms. The standard InChI is InChI=1S/C16H15NO5S2/c1-9(6-13-15(20)17-16(23)24-13)5-10-3-4-11(12(7-10)21-2)22-8-14(18)19/h3-7H,8H2,1-2H3,(H,18,19)(H,17,20,23)/b9-5+,13-6-. The van der Waals surface area contributed by atoms with Crippen molar-refractivity contribution in [2.24, 2.45) is 0 Å². The Hall–Kier alpha value is -2.32. The monoisotopic (exact) mass is 365 g/mol. The molecule has 1 aliphatic heterocycles. The van der Waals surface area contributed by atoms with Gasteiger partial charge in [-0.1, -0.05) is 36.1 Å². The number of carboxylic acid groups (broad SMARTS) is 1. The second kappa shape index (κ2) is 7.98. The first-order chi connectivity index (χ1) is 11.4. The van der Waals surface area contributed by atoms with Gasteiger partial charge in [0.2, 0.25) is 0 Å². The van der Waals surface area contributed by atoms with Crippen LogP contribution in [0.5, 0.6) is 11.5 Å². The molecule has 1 amide bonds. The third-order valence-electron chi connectivity index (χ3n) is 2.93. The number of hydrogen-bond donors (Lipinski definition) is 2. The van der Waals surface area contributed by atoms with E-state index < -0.39 is 12.6 Å². The fraction of sp³-hybridized carbons (Fsp3) is 0.188. The highest BCUT2D eigenvalue weighted by Gasteiger charge is 2.21. The van der Waals surface area contributed by atoms with Gasteiger partial charge in [-0.25, -0.2) is 4.79 Å². The number of hydrogen-bond acceptors (Lipinski definition) is 6. The molecule has 1 heterocycles. The highest BCUT2D eigenvalue weighted by atomic mass is 32.2. The molecule has 0 saturated carbocycles. The Labute approximate surface area is 148 Å². The van der Waals surface area contributed by atoms with E-state index in [1.807, 2.05) is 13.0 Å². The molecule has 0 spiro atoms. The van der Waals surface area contributed by atoms with E-state index in [-0.39, 0.29) is 5.91 Å². The minimum absolute atomic E-state index is 0.201. The normalized spacial score (nSPS) is 16.2. The lowest BCUT2D eigenvalue weighted by molar-refractivity contribution is -0.139. The first-order valence-corrected chi connectivity index (χ1v) is 8.07. The third-order valence-corrected chi connectivity index (χ3v) is 4.10. The van der Waals surface area contributed by atoms with Crippen molar-refractivity contribution in [3.05, 3.63) is 40.3 Å². The van der Waals surface area contributed by atoms with Crippen molar-refractivity contribution < 1.29 is 24.2 Å². The summed E-state index contributed by atoms with van der Waals surface area (Å²) in [6, 6.07) is 5.14. The average Bonchev–Trinajstić information content (AvgIpc) is 2.83. The largest absolute Gasteiger partial charge is 0.493 e. The van der Waals surface area contributed by atoms with Gasteiger partial charge in [-0.05, 0) is 36.3 Å². The van der Waals surface area contributed by atoms with E-state index in [1.54, 1.807) is 24.3 Å². The van der Waals surface area contributed by atoms with Gasteiger partial charge in [-0.3, -0.25) is 4.79 Å². The predicted octanol–water partition coefficient (Wildman–Crippen LogP) is 2.59. The van der Waals surface area contributed by atoms with Crippen molar-refractivity contribution in [2.75, 3.05) is 13.7 Å². The lowest BCUT2D eigenvalue weighted by Crippen LogP contribution is -2.17. The molecule has 0 radical (unpaired) electrons. The van der Waals surface area contributed by atoms with Gasteiger partial charge in [-0.15, -0.1) is 0 Å². The van der Waals surface area contributed by atoms with E-state index in [0.29, 0.717) is 20.7 Å². The van der Waals surface area contributed by atoms with Crippen LogP contribution in [0.2, 0.25) is 0 Å². The predicted molar refractivity (Wildman–Crippen MR) is 96.2 cm³/mol. The van der Waals surface area contributed by atoms with Crippen LogP contribution in [0.25, 0.3) is 6.08 Å². The number of carbonyl (C=O) groups is 2. The summed E-state index contributed by atoms with van der Waals surface area (Å²) in [5.41, 5.74) is 1.69. The van der Waals surface area contributed by atoms with Crippen LogP contribution in [-0.2, 0) is 9.59 Å². The Morgan fingerprint density at radius 1 is 1.42 bits per heavy atom. The smallest absolute Gasteiger partial charge is 0.341 e. The average molecular weight is 365 g/mol.